The van der Waals surface area contributed by atoms with Gasteiger partial charge in [0.15, 0.2) is 0 Å². The lowest BCUT2D eigenvalue weighted by Gasteiger charge is -2.13. The van der Waals surface area contributed by atoms with Crippen molar-refractivity contribution in [2.75, 3.05) is 33.0 Å². The summed E-state index contributed by atoms with van der Waals surface area (Å²) in [6.07, 6.45) is 6.35. The highest BCUT2D eigenvalue weighted by atomic mass is 16.5. The van der Waals surface area contributed by atoms with E-state index in [1.165, 1.54) is 12.2 Å². The van der Waals surface area contributed by atoms with Gasteiger partial charge in [-0.1, -0.05) is 6.58 Å². The largest absolute Gasteiger partial charge is 0.494 e. The molecule has 2 amide bonds. The third-order valence-electron chi connectivity index (χ3n) is 5.84. The molecule has 0 atom stereocenters. The fourth-order valence-corrected chi connectivity index (χ4v) is 3.60. The summed E-state index contributed by atoms with van der Waals surface area (Å²) in [6.45, 7) is 4.43. The van der Waals surface area contributed by atoms with Gasteiger partial charge in [-0.2, -0.15) is 0 Å². The van der Waals surface area contributed by atoms with Crippen molar-refractivity contribution >= 4 is 23.8 Å². The quantitative estimate of drug-likeness (QED) is 0.103. The SMILES string of the molecule is C=C(CO)C(=O)OCCCCCCOc1ccc(OC(=O)c2ccc(OCCCN3C(=O)C=CC3=O)cc2)cc1. The van der Waals surface area contributed by atoms with E-state index in [4.69, 9.17) is 24.1 Å². The Bertz CT molecular complexity index is 1180. The van der Waals surface area contributed by atoms with Crippen molar-refractivity contribution in [1.82, 2.24) is 4.90 Å². The first-order chi connectivity index (χ1) is 19.4. The highest BCUT2D eigenvalue weighted by Crippen LogP contribution is 2.20. The van der Waals surface area contributed by atoms with Gasteiger partial charge in [0.05, 0.1) is 37.6 Å². The molecule has 0 saturated carbocycles. The highest BCUT2D eigenvalue weighted by molar-refractivity contribution is 6.12. The lowest BCUT2D eigenvalue weighted by atomic mass is 10.2. The average molecular weight is 552 g/mol. The molecule has 10 nitrogen and oxygen atoms in total. The van der Waals surface area contributed by atoms with E-state index in [1.54, 1.807) is 48.5 Å². The Balaban J connectivity index is 1.28. The van der Waals surface area contributed by atoms with Crippen LogP contribution in [0, 0.1) is 0 Å². The van der Waals surface area contributed by atoms with Crippen LogP contribution < -0.4 is 14.2 Å². The smallest absolute Gasteiger partial charge is 0.343 e. The molecule has 10 heteroatoms. The summed E-state index contributed by atoms with van der Waals surface area (Å²) in [5.74, 6) is -0.105. The van der Waals surface area contributed by atoms with E-state index in [1.807, 2.05) is 0 Å². The number of esters is 2. The average Bonchev–Trinajstić information content (AvgIpc) is 3.29. The zero-order chi connectivity index (χ0) is 28.7. The summed E-state index contributed by atoms with van der Waals surface area (Å²) in [4.78, 5) is 48.1. The van der Waals surface area contributed by atoms with Gasteiger partial charge < -0.3 is 24.1 Å². The van der Waals surface area contributed by atoms with Crippen LogP contribution >= 0.6 is 0 Å². The summed E-state index contributed by atoms with van der Waals surface area (Å²) in [7, 11) is 0. The van der Waals surface area contributed by atoms with Crippen LogP contribution in [0.15, 0.2) is 72.8 Å². The standard InChI is InChI=1S/C30H33NO9/c1-22(21-32)29(35)39-19-5-3-2-4-18-37-25-11-13-26(14-12-25)40-30(36)23-7-9-24(10-8-23)38-20-6-17-31-27(33)15-16-28(31)34/h7-16,32H,1-6,17-21H2. The summed E-state index contributed by atoms with van der Waals surface area (Å²) in [5.41, 5.74) is 0.412. The Kier molecular flexibility index (Phi) is 11.9. The van der Waals surface area contributed by atoms with Crippen molar-refractivity contribution in [3.63, 3.8) is 0 Å². The van der Waals surface area contributed by atoms with Crippen molar-refractivity contribution in [1.29, 1.82) is 0 Å². The summed E-state index contributed by atoms with van der Waals surface area (Å²) >= 11 is 0. The molecule has 0 unspecified atom stereocenters. The minimum Gasteiger partial charge on any atom is -0.494 e. The number of carbonyl (C=O) groups is 4. The predicted octanol–water partition coefficient (Wildman–Crippen LogP) is 3.63. The number of hydrogen-bond donors (Lipinski definition) is 1. The fraction of sp³-hybridized carbons (Fsp3) is 0.333. The first-order valence-electron chi connectivity index (χ1n) is 13.0. The zero-order valence-electron chi connectivity index (χ0n) is 22.2. The van der Waals surface area contributed by atoms with Gasteiger partial charge in [0.2, 0.25) is 0 Å². The van der Waals surface area contributed by atoms with Crippen molar-refractivity contribution in [2.24, 2.45) is 0 Å². The van der Waals surface area contributed by atoms with Gasteiger partial charge in [-0.3, -0.25) is 14.5 Å². The number of unbranched alkanes of at least 4 members (excludes halogenated alkanes) is 3. The van der Waals surface area contributed by atoms with E-state index >= 15 is 0 Å². The third-order valence-corrected chi connectivity index (χ3v) is 5.84. The molecule has 3 rings (SSSR count). The Hall–Kier alpha value is -4.44. The molecule has 0 aliphatic carbocycles. The number of imide groups is 1. The van der Waals surface area contributed by atoms with Crippen LogP contribution in [0.3, 0.4) is 0 Å². The molecule has 1 aliphatic heterocycles. The van der Waals surface area contributed by atoms with Gasteiger partial charge in [-0.25, -0.2) is 9.59 Å². The minimum absolute atomic E-state index is 0.0503. The molecule has 40 heavy (non-hydrogen) atoms. The minimum atomic E-state index is -0.567. The predicted molar refractivity (Wildman–Crippen MR) is 145 cm³/mol. The second-order valence-electron chi connectivity index (χ2n) is 8.91. The van der Waals surface area contributed by atoms with Gasteiger partial charge in [0.1, 0.15) is 17.2 Å². The molecule has 0 fully saturated rings. The number of hydrogen-bond acceptors (Lipinski definition) is 9. The maximum Gasteiger partial charge on any atom is 0.343 e. The van der Waals surface area contributed by atoms with Crippen LogP contribution in [-0.2, 0) is 19.1 Å². The van der Waals surface area contributed by atoms with Crippen LogP contribution in [0.4, 0.5) is 0 Å². The molecule has 2 aromatic carbocycles. The van der Waals surface area contributed by atoms with Crippen LogP contribution in [0.25, 0.3) is 0 Å². The van der Waals surface area contributed by atoms with Crippen LogP contribution in [0.5, 0.6) is 17.2 Å². The molecule has 212 valence electrons. The lowest BCUT2D eigenvalue weighted by molar-refractivity contribution is -0.140. The van der Waals surface area contributed by atoms with Crippen LogP contribution in [0.1, 0.15) is 42.5 Å². The Labute approximate surface area is 232 Å². The van der Waals surface area contributed by atoms with E-state index in [9.17, 15) is 19.2 Å². The molecule has 0 radical (unpaired) electrons. The van der Waals surface area contributed by atoms with Crippen molar-refractivity contribution in [3.05, 3.63) is 78.4 Å². The molecular weight excluding hydrogens is 518 g/mol. The van der Waals surface area contributed by atoms with Crippen molar-refractivity contribution in [3.8, 4) is 17.2 Å². The molecule has 0 bridgehead atoms. The Morgan fingerprint density at radius 1 is 0.725 bits per heavy atom. The molecule has 1 N–H and O–H groups in total. The van der Waals surface area contributed by atoms with Crippen LogP contribution in [-0.4, -0.2) is 66.7 Å². The Morgan fingerprint density at radius 3 is 1.85 bits per heavy atom. The molecule has 0 aromatic heterocycles. The van der Waals surface area contributed by atoms with Crippen LogP contribution in [0.2, 0.25) is 0 Å². The molecular formula is C30H33NO9. The van der Waals surface area contributed by atoms with Gasteiger partial charge in [0, 0.05) is 18.7 Å². The molecule has 2 aromatic rings. The second-order valence-corrected chi connectivity index (χ2v) is 8.91. The zero-order valence-corrected chi connectivity index (χ0v) is 22.2. The number of nitrogens with zero attached hydrogens (tertiary/aromatic N) is 1. The van der Waals surface area contributed by atoms with E-state index in [0.29, 0.717) is 49.1 Å². The van der Waals surface area contributed by atoms with Gasteiger partial charge >= 0.3 is 11.9 Å². The molecule has 0 spiro atoms. The number of rotatable bonds is 17. The topological polar surface area (TPSA) is 129 Å². The fourth-order valence-electron chi connectivity index (χ4n) is 3.60. The number of benzene rings is 2. The first-order valence-corrected chi connectivity index (χ1v) is 13.0. The number of carbonyl (C=O) groups excluding carboxylic acids is 4. The van der Waals surface area contributed by atoms with E-state index in [0.717, 1.165) is 30.6 Å². The second kappa shape index (κ2) is 15.8. The Morgan fingerprint density at radius 2 is 1.25 bits per heavy atom. The number of amides is 2. The van der Waals surface area contributed by atoms with E-state index in [-0.39, 0.29) is 23.9 Å². The lowest BCUT2D eigenvalue weighted by Crippen LogP contribution is -2.31. The van der Waals surface area contributed by atoms with E-state index in [2.05, 4.69) is 6.58 Å². The first kappa shape index (κ1) is 30.1. The third kappa shape index (κ3) is 9.70. The summed E-state index contributed by atoms with van der Waals surface area (Å²) in [6, 6.07) is 13.3. The van der Waals surface area contributed by atoms with Gasteiger partial charge in [0.25, 0.3) is 11.8 Å². The molecule has 1 aliphatic rings. The number of aliphatic hydroxyl groups is 1. The number of aliphatic hydroxyl groups excluding tert-OH is 1. The van der Waals surface area contributed by atoms with Crippen molar-refractivity contribution < 1.29 is 43.2 Å². The summed E-state index contributed by atoms with van der Waals surface area (Å²) in [5, 5.41) is 8.81. The highest BCUT2D eigenvalue weighted by Gasteiger charge is 2.22. The van der Waals surface area contributed by atoms with Gasteiger partial charge in [-0.05, 0) is 80.6 Å². The molecule has 0 saturated heterocycles. The van der Waals surface area contributed by atoms with Crippen molar-refractivity contribution in [2.45, 2.75) is 32.1 Å². The maximum atomic E-state index is 12.5. The van der Waals surface area contributed by atoms with E-state index < -0.39 is 18.5 Å². The van der Waals surface area contributed by atoms with Gasteiger partial charge in [-0.15, -0.1) is 0 Å². The number of ether oxygens (including phenoxy) is 4. The maximum absolute atomic E-state index is 12.5. The molecule has 1 heterocycles. The summed E-state index contributed by atoms with van der Waals surface area (Å²) < 4.78 is 21.8. The normalized spacial score (nSPS) is 12.4. The monoisotopic (exact) mass is 551 g/mol.